The first-order valence-electron chi connectivity index (χ1n) is 4.37. The number of aromatic nitrogens is 1. The Hall–Kier alpha value is -1.31. The molecule has 0 radical (unpaired) electrons. The summed E-state index contributed by atoms with van der Waals surface area (Å²) < 4.78 is 0.833. The molecule has 0 spiro atoms. The molecule has 1 aromatic rings. The van der Waals surface area contributed by atoms with Crippen molar-refractivity contribution in [3.8, 4) is 0 Å². The highest BCUT2D eigenvalue weighted by atomic mass is 16.5. The van der Waals surface area contributed by atoms with E-state index < -0.39 is 0 Å². The minimum Gasteiger partial charge on any atom is -0.619 e. The molecule has 13 heavy (non-hydrogen) atoms. The number of hydrogen-bond donors (Lipinski definition) is 0. The topological polar surface area (TPSA) is 26.9 Å². The van der Waals surface area contributed by atoms with E-state index in [0.29, 0.717) is 0 Å². The monoisotopic (exact) mass is 179 g/mol. The van der Waals surface area contributed by atoms with Gasteiger partial charge in [-0.25, -0.2) is 0 Å². The number of aryl methyl sites for hydroxylation is 1. The van der Waals surface area contributed by atoms with Gasteiger partial charge in [-0.3, -0.25) is 0 Å². The van der Waals surface area contributed by atoms with Crippen molar-refractivity contribution in [3.63, 3.8) is 0 Å². The van der Waals surface area contributed by atoms with Crippen LogP contribution in [0.3, 0.4) is 0 Å². The van der Waals surface area contributed by atoms with E-state index in [1.165, 1.54) is 11.8 Å². The van der Waals surface area contributed by atoms with Crippen LogP contribution >= 0.6 is 0 Å². The highest BCUT2D eigenvalue weighted by molar-refractivity contribution is 4.94. The van der Waals surface area contributed by atoms with Crippen LogP contribution in [0, 0.1) is 12.1 Å². The van der Waals surface area contributed by atoms with E-state index in [2.05, 4.69) is 13.5 Å². The Kier molecular flexibility index (Phi) is 5.60. The summed E-state index contributed by atoms with van der Waals surface area (Å²) in [6.07, 6.45) is 2.59. The lowest BCUT2D eigenvalue weighted by atomic mass is 10.3. The Bertz CT molecular complexity index is 248. The molecule has 0 unspecified atom stereocenters. The fraction of sp³-hybridized carbons (Fsp3) is 0.364. The summed E-state index contributed by atoms with van der Waals surface area (Å²) in [6.45, 7) is 9.57. The predicted octanol–water partition coefficient (Wildman–Crippen LogP) is 2.60. The van der Waals surface area contributed by atoms with Crippen LogP contribution in [-0.2, 0) is 0 Å². The van der Waals surface area contributed by atoms with Crippen molar-refractivity contribution in [2.75, 3.05) is 0 Å². The van der Waals surface area contributed by atoms with Gasteiger partial charge >= 0.3 is 0 Å². The third kappa shape index (κ3) is 5.91. The van der Waals surface area contributed by atoms with Crippen LogP contribution in [0.4, 0.5) is 0 Å². The van der Waals surface area contributed by atoms with E-state index in [0.717, 1.165) is 16.8 Å². The van der Waals surface area contributed by atoms with Gasteiger partial charge in [0.15, 0.2) is 11.9 Å². The number of allylic oxidation sites excluding steroid dienone is 1. The molecular weight excluding hydrogens is 162 g/mol. The highest BCUT2D eigenvalue weighted by Gasteiger charge is 1.89. The summed E-state index contributed by atoms with van der Waals surface area (Å²) in [5.41, 5.74) is 1.98. The smallest absolute Gasteiger partial charge is 0.189 e. The molecule has 0 aliphatic carbocycles. The maximum absolute atomic E-state index is 10.5. The van der Waals surface area contributed by atoms with Gasteiger partial charge in [-0.2, -0.15) is 4.73 Å². The molecule has 72 valence electrons. The Morgan fingerprint density at radius 2 is 2.08 bits per heavy atom. The van der Waals surface area contributed by atoms with Gasteiger partial charge in [0.25, 0.3) is 0 Å². The third-order valence-corrected chi connectivity index (χ3v) is 1.62. The summed E-state index contributed by atoms with van der Waals surface area (Å²) in [7, 11) is 0. The van der Waals surface area contributed by atoms with Crippen molar-refractivity contribution in [2.24, 2.45) is 0 Å². The SMILES string of the molecule is C=C(C)CC.Cc1cccc[n+]1[O-]. The van der Waals surface area contributed by atoms with Crippen LogP contribution in [-0.4, -0.2) is 0 Å². The average molecular weight is 179 g/mol. The first kappa shape index (κ1) is 11.7. The molecule has 0 atom stereocenters. The van der Waals surface area contributed by atoms with Gasteiger partial charge in [0, 0.05) is 19.1 Å². The number of rotatable bonds is 1. The van der Waals surface area contributed by atoms with Crippen molar-refractivity contribution in [3.05, 3.63) is 47.4 Å². The molecule has 0 amide bonds. The molecule has 0 aliphatic rings. The van der Waals surface area contributed by atoms with Crippen molar-refractivity contribution < 1.29 is 4.73 Å². The van der Waals surface area contributed by atoms with Crippen molar-refractivity contribution in [1.29, 1.82) is 0 Å². The zero-order chi connectivity index (χ0) is 10.3. The van der Waals surface area contributed by atoms with Gasteiger partial charge in [-0.15, -0.1) is 6.58 Å². The van der Waals surface area contributed by atoms with Crippen LogP contribution in [0.2, 0.25) is 0 Å². The molecule has 0 aromatic carbocycles. The van der Waals surface area contributed by atoms with E-state index in [9.17, 15) is 5.21 Å². The van der Waals surface area contributed by atoms with Crippen molar-refractivity contribution in [2.45, 2.75) is 27.2 Å². The Morgan fingerprint density at radius 3 is 2.31 bits per heavy atom. The molecule has 1 heterocycles. The first-order valence-corrected chi connectivity index (χ1v) is 4.37. The quantitative estimate of drug-likeness (QED) is 0.370. The van der Waals surface area contributed by atoms with Gasteiger partial charge in [0.1, 0.15) is 0 Å². The second-order valence-electron chi connectivity index (χ2n) is 2.98. The van der Waals surface area contributed by atoms with Gasteiger partial charge in [0.05, 0.1) is 0 Å². The lowest BCUT2D eigenvalue weighted by Crippen LogP contribution is -2.28. The molecule has 0 N–H and O–H groups in total. The van der Waals surface area contributed by atoms with Crippen LogP contribution < -0.4 is 4.73 Å². The van der Waals surface area contributed by atoms with Gasteiger partial charge in [-0.05, 0) is 13.3 Å². The number of nitrogens with zero attached hydrogens (tertiary/aromatic N) is 1. The van der Waals surface area contributed by atoms with Crippen LogP contribution in [0.5, 0.6) is 0 Å². The van der Waals surface area contributed by atoms with Crippen molar-refractivity contribution >= 4 is 0 Å². The zero-order valence-corrected chi connectivity index (χ0v) is 8.58. The molecule has 0 fully saturated rings. The minimum atomic E-state index is 0.729. The first-order chi connectivity index (χ1) is 6.07. The van der Waals surface area contributed by atoms with E-state index >= 15 is 0 Å². The van der Waals surface area contributed by atoms with E-state index in [1.54, 1.807) is 19.1 Å². The molecule has 2 nitrogen and oxygen atoms in total. The van der Waals surface area contributed by atoms with Gasteiger partial charge < -0.3 is 5.21 Å². The summed E-state index contributed by atoms with van der Waals surface area (Å²) in [5, 5.41) is 10.5. The second-order valence-corrected chi connectivity index (χ2v) is 2.98. The maximum atomic E-state index is 10.5. The summed E-state index contributed by atoms with van der Waals surface area (Å²) in [6, 6.07) is 5.32. The normalized spacial score (nSPS) is 8.54. The van der Waals surface area contributed by atoms with Crippen LogP contribution in [0.15, 0.2) is 36.5 Å². The second kappa shape index (κ2) is 6.23. The van der Waals surface area contributed by atoms with Crippen molar-refractivity contribution in [1.82, 2.24) is 0 Å². The summed E-state index contributed by atoms with van der Waals surface area (Å²) >= 11 is 0. The summed E-state index contributed by atoms with van der Waals surface area (Å²) in [4.78, 5) is 0. The minimum absolute atomic E-state index is 0.729. The fourth-order valence-corrected chi connectivity index (χ4v) is 0.514. The maximum Gasteiger partial charge on any atom is 0.189 e. The zero-order valence-electron chi connectivity index (χ0n) is 8.58. The number of pyridine rings is 1. The molecule has 0 bridgehead atoms. The van der Waals surface area contributed by atoms with E-state index in [-0.39, 0.29) is 0 Å². The highest BCUT2D eigenvalue weighted by Crippen LogP contribution is 1.88. The van der Waals surface area contributed by atoms with E-state index in [4.69, 9.17) is 0 Å². The fourth-order valence-electron chi connectivity index (χ4n) is 0.514. The molecule has 2 heteroatoms. The van der Waals surface area contributed by atoms with Gasteiger partial charge in [0.2, 0.25) is 0 Å². The molecular formula is C11H17NO. The molecule has 1 rings (SSSR count). The van der Waals surface area contributed by atoms with Crippen LogP contribution in [0.25, 0.3) is 0 Å². The van der Waals surface area contributed by atoms with Gasteiger partial charge in [-0.1, -0.05) is 18.6 Å². The molecule has 1 aromatic heterocycles. The molecule has 0 aliphatic heterocycles. The number of hydrogen-bond acceptors (Lipinski definition) is 1. The Labute approximate surface area is 80.1 Å². The molecule has 0 saturated heterocycles. The molecule has 0 saturated carbocycles. The lowest BCUT2D eigenvalue weighted by molar-refractivity contribution is -0.612. The largest absolute Gasteiger partial charge is 0.619 e. The summed E-state index contributed by atoms with van der Waals surface area (Å²) in [5.74, 6) is 0. The van der Waals surface area contributed by atoms with E-state index in [1.807, 2.05) is 13.0 Å². The predicted molar refractivity (Wildman–Crippen MR) is 55.2 cm³/mol. The average Bonchev–Trinajstić information content (AvgIpc) is 2.11. The third-order valence-electron chi connectivity index (χ3n) is 1.62. The standard InChI is InChI=1S/C6H7NO.C5H10/c1-6-4-2-3-5-7(6)8;1-4-5(2)3/h2-5H,1H3;2,4H2,1,3H3. The van der Waals surface area contributed by atoms with Crippen LogP contribution in [0.1, 0.15) is 26.0 Å². The Balaban J connectivity index is 0.000000252. The Morgan fingerprint density at radius 1 is 1.54 bits per heavy atom. The lowest BCUT2D eigenvalue weighted by Gasteiger charge is -1.95.